The van der Waals surface area contributed by atoms with Crippen LogP contribution in [0.4, 0.5) is 9.93 Å². The third kappa shape index (κ3) is 6.53. The molecule has 0 atom stereocenters. The van der Waals surface area contributed by atoms with E-state index in [4.69, 9.17) is 10.6 Å². The number of anilines is 1. The van der Waals surface area contributed by atoms with E-state index in [1.807, 2.05) is 35.1 Å². The quantitative estimate of drug-likeness (QED) is 0.411. The van der Waals surface area contributed by atoms with Crippen molar-refractivity contribution in [3.63, 3.8) is 0 Å². The summed E-state index contributed by atoms with van der Waals surface area (Å²) in [5.74, 6) is 4.81. The number of nitrogens with zero attached hydrogens (tertiary/aromatic N) is 1. The van der Waals surface area contributed by atoms with E-state index >= 15 is 0 Å². The number of nitrogens with two attached hydrogens (primary N) is 1. The Bertz CT molecular complexity index is 676. The largest absolute Gasteiger partial charge is 0.444 e. The highest BCUT2D eigenvalue weighted by Crippen LogP contribution is 2.17. The number of hydrogen-bond donors (Lipinski definition) is 3. The van der Waals surface area contributed by atoms with Gasteiger partial charge in [-0.05, 0) is 24.0 Å². The number of amides is 2. The summed E-state index contributed by atoms with van der Waals surface area (Å²) in [5.41, 5.74) is 4.90. The molecule has 0 unspecified atom stereocenters. The van der Waals surface area contributed by atoms with Crippen LogP contribution in [0.3, 0.4) is 0 Å². The van der Waals surface area contributed by atoms with E-state index in [1.54, 1.807) is 0 Å². The summed E-state index contributed by atoms with van der Waals surface area (Å²) in [6, 6.07) is 7.78. The molecule has 0 aliphatic rings. The van der Waals surface area contributed by atoms with Crippen LogP contribution in [-0.4, -0.2) is 17.0 Å². The number of halogens is 1. The first-order valence-electron chi connectivity index (χ1n) is 7.00. The third-order valence-electron chi connectivity index (χ3n) is 3.02. The van der Waals surface area contributed by atoms with E-state index in [0.29, 0.717) is 5.13 Å². The number of rotatable bonds is 6. The topological polar surface area (TPSA) is 106 Å². The van der Waals surface area contributed by atoms with Crippen LogP contribution in [0.2, 0.25) is 0 Å². The SMILES string of the molecule is CC(=O)Nc1nc(CCc2ccc(COC(=O)NN)cc2)cs1.Cl. The van der Waals surface area contributed by atoms with Gasteiger partial charge in [-0.1, -0.05) is 24.3 Å². The van der Waals surface area contributed by atoms with Gasteiger partial charge in [0.15, 0.2) is 5.13 Å². The Hall–Kier alpha value is -2.16. The molecule has 0 aliphatic heterocycles. The van der Waals surface area contributed by atoms with E-state index in [0.717, 1.165) is 29.7 Å². The van der Waals surface area contributed by atoms with Crippen molar-refractivity contribution < 1.29 is 14.3 Å². The summed E-state index contributed by atoms with van der Waals surface area (Å²) in [6.45, 7) is 1.64. The van der Waals surface area contributed by atoms with Crippen LogP contribution in [0.5, 0.6) is 0 Å². The standard InChI is InChI=1S/C15H18N4O3S.ClH/c1-10(20)17-14-18-13(9-23-14)7-6-11-2-4-12(5-3-11)8-22-15(21)19-16;/h2-5,9H,6-8,16H2,1H3,(H,19,21)(H,17,18,20);1H. The maximum atomic E-state index is 11.0. The van der Waals surface area contributed by atoms with Crippen molar-refractivity contribution in [2.45, 2.75) is 26.4 Å². The Morgan fingerprint density at radius 3 is 2.50 bits per heavy atom. The smallest absolute Gasteiger partial charge is 0.421 e. The fourth-order valence-corrected chi connectivity index (χ4v) is 2.69. The predicted molar refractivity (Wildman–Crippen MR) is 95.0 cm³/mol. The lowest BCUT2D eigenvalue weighted by atomic mass is 10.1. The van der Waals surface area contributed by atoms with E-state index in [-0.39, 0.29) is 24.9 Å². The van der Waals surface area contributed by atoms with Gasteiger partial charge in [-0.15, -0.1) is 23.7 Å². The minimum absolute atomic E-state index is 0. The molecule has 1 aromatic carbocycles. The van der Waals surface area contributed by atoms with Gasteiger partial charge in [0.25, 0.3) is 0 Å². The fourth-order valence-electron chi connectivity index (χ4n) is 1.89. The molecule has 4 N–H and O–H groups in total. The van der Waals surface area contributed by atoms with Crippen LogP contribution in [0, 0.1) is 0 Å². The highest BCUT2D eigenvalue weighted by atomic mass is 35.5. The molecule has 7 nitrogen and oxygen atoms in total. The summed E-state index contributed by atoms with van der Waals surface area (Å²) in [6.07, 6.45) is 0.974. The number of carbonyl (C=O) groups is 2. The molecule has 9 heteroatoms. The molecular weight excluding hydrogens is 352 g/mol. The molecule has 2 amide bonds. The van der Waals surface area contributed by atoms with Crippen molar-refractivity contribution in [2.75, 3.05) is 5.32 Å². The summed E-state index contributed by atoms with van der Waals surface area (Å²) in [4.78, 5) is 26.2. The first-order chi connectivity index (χ1) is 11.1. The molecule has 2 rings (SSSR count). The van der Waals surface area contributed by atoms with Gasteiger partial charge in [-0.2, -0.15) is 0 Å². The molecule has 0 bridgehead atoms. The number of hydrogen-bond acceptors (Lipinski definition) is 6. The van der Waals surface area contributed by atoms with Crippen LogP contribution >= 0.6 is 23.7 Å². The van der Waals surface area contributed by atoms with Crippen LogP contribution in [-0.2, 0) is 29.0 Å². The molecule has 0 fully saturated rings. The minimum atomic E-state index is -0.660. The van der Waals surface area contributed by atoms with E-state index < -0.39 is 6.09 Å². The third-order valence-corrected chi connectivity index (χ3v) is 3.82. The lowest BCUT2D eigenvalue weighted by molar-refractivity contribution is -0.114. The number of nitrogens with one attached hydrogen (secondary N) is 2. The zero-order valence-electron chi connectivity index (χ0n) is 13.1. The van der Waals surface area contributed by atoms with Crippen molar-refractivity contribution in [1.29, 1.82) is 0 Å². The molecular formula is C15H19ClN4O3S. The van der Waals surface area contributed by atoms with Gasteiger partial charge in [0.2, 0.25) is 5.91 Å². The Kier molecular flexibility index (Phi) is 8.17. The molecule has 0 radical (unpaired) electrons. The number of hydrazine groups is 1. The molecule has 0 saturated carbocycles. The molecule has 2 aromatic rings. The van der Waals surface area contributed by atoms with Crippen LogP contribution < -0.4 is 16.6 Å². The van der Waals surface area contributed by atoms with E-state index in [2.05, 4.69) is 10.3 Å². The number of ether oxygens (including phenoxy) is 1. The zero-order valence-corrected chi connectivity index (χ0v) is 14.7. The number of aryl methyl sites for hydroxylation is 2. The summed E-state index contributed by atoms with van der Waals surface area (Å²) >= 11 is 1.42. The molecule has 0 spiro atoms. The second-order valence-corrected chi connectivity index (χ2v) is 5.72. The maximum absolute atomic E-state index is 11.0. The van der Waals surface area contributed by atoms with Crippen molar-refractivity contribution >= 4 is 40.9 Å². The first kappa shape index (κ1) is 19.9. The molecule has 130 valence electrons. The molecule has 0 aliphatic carbocycles. The Morgan fingerprint density at radius 1 is 1.21 bits per heavy atom. The molecule has 1 heterocycles. The van der Waals surface area contributed by atoms with Crippen molar-refractivity contribution in [2.24, 2.45) is 5.84 Å². The molecule has 24 heavy (non-hydrogen) atoms. The van der Waals surface area contributed by atoms with Gasteiger partial charge in [0.1, 0.15) is 6.61 Å². The van der Waals surface area contributed by atoms with Gasteiger partial charge in [-0.25, -0.2) is 15.6 Å². The van der Waals surface area contributed by atoms with Crippen LogP contribution in [0.1, 0.15) is 23.7 Å². The zero-order chi connectivity index (χ0) is 16.7. The lowest BCUT2D eigenvalue weighted by Crippen LogP contribution is -2.30. The second kappa shape index (κ2) is 9.86. The number of benzene rings is 1. The molecule has 0 saturated heterocycles. The summed E-state index contributed by atoms with van der Waals surface area (Å²) in [5, 5.41) is 5.24. The van der Waals surface area contributed by atoms with E-state index in [9.17, 15) is 9.59 Å². The normalized spacial score (nSPS) is 9.75. The first-order valence-corrected chi connectivity index (χ1v) is 7.88. The monoisotopic (exact) mass is 370 g/mol. The average Bonchev–Trinajstić information content (AvgIpc) is 2.98. The van der Waals surface area contributed by atoms with E-state index in [1.165, 1.54) is 18.3 Å². The number of carbonyl (C=O) groups excluding carboxylic acids is 2. The Labute approximate surface area is 150 Å². The fraction of sp³-hybridized carbons (Fsp3) is 0.267. The van der Waals surface area contributed by atoms with Gasteiger partial charge >= 0.3 is 6.09 Å². The van der Waals surface area contributed by atoms with Gasteiger partial charge < -0.3 is 10.1 Å². The maximum Gasteiger partial charge on any atom is 0.421 e. The highest BCUT2D eigenvalue weighted by Gasteiger charge is 2.04. The van der Waals surface area contributed by atoms with Crippen molar-refractivity contribution in [3.05, 3.63) is 46.5 Å². The van der Waals surface area contributed by atoms with Crippen LogP contribution in [0.25, 0.3) is 0 Å². The number of thiazole rings is 1. The lowest BCUT2D eigenvalue weighted by Gasteiger charge is -2.05. The highest BCUT2D eigenvalue weighted by molar-refractivity contribution is 7.13. The van der Waals surface area contributed by atoms with Crippen molar-refractivity contribution in [3.8, 4) is 0 Å². The predicted octanol–water partition coefficient (Wildman–Crippen LogP) is 2.41. The van der Waals surface area contributed by atoms with Gasteiger partial charge in [-0.3, -0.25) is 10.2 Å². The molecule has 1 aromatic heterocycles. The van der Waals surface area contributed by atoms with Crippen LogP contribution in [0.15, 0.2) is 29.6 Å². The Balaban J connectivity index is 0.00000288. The summed E-state index contributed by atoms with van der Waals surface area (Å²) < 4.78 is 4.86. The second-order valence-electron chi connectivity index (χ2n) is 4.86. The average molecular weight is 371 g/mol. The number of aromatic nitrogens is 1. The van der Waals surface area contributed by atoms with Gasteiger partial charge in [0, 0.05) is 12.3 Å². The summed E-state index contributed by atoms with van der Waals surface area (Å²) in [7, 11) is 0. The minimum Gasteiger partial charge on any atom is -0.444 e. The van der Waals surface area contributed by atoms with Gasteiger partial charge in [0.05, 0.1) is 5.69 Å². The van der Waals surface area contributed by atoms with Crippen molar-refractivity contribution in [1.82, 2.24) is 10.4 Å². The Morgan fingerprint density at radius 2 is 1.88 bits per heavy atom.